The van der Waals surface area contributed by atoms with Crippen LogP contribution in [0.25, 0.3) is 11.4 Å². The molecule has 2 rings (SSSR count). The van der Waals surface area contributed by atoms with Crippen molar-refractivity contribution >= 4 is 23.2 Å². The molecule has 1 N–H and O–H groups in total. The van der Waals surface area contributed by atoms with E-state index in [2.05, 4.69) is 10.1 Å². The number of halogens is 2. The number of aliphatic hydroxyl groups is 1. The summed E-state index contributed by atoms with van der Waals surface area (Å²) in [5.41, 5.74) is 0.727. The number of nitrogens with zero attached hydrogens (tertiary/aromatic N) is 2. The van der Waals surface area contributed by atoms with Crippen LogP contribution in [-0.2, 0) is 0 Å². The van der Waals surface area contributed by atoms with Gasteiger partial charge in [0.2, 0.25) is 11.7 Å². The van der Waals surface area contributed by atoms with Gasteiger partial charge in [-0.1, -0.05) is 35.3 Å². The highest BCUT2D eigenvalue weighted by Crippen LogP contribution is 2.29. The molecule has 0 radical (unpaired) electrons. The van der Waals surface area contributed by atoms with Crippen molar-refractivity contribution in [3.63, 3.8) is 0 Å². The Hall–Kier alpha value is -1.10. The second-order valence-corrected chi connectivity index (χ2v) is 5.15. The van der Waals surface area contributed by atoms with Crippen LogP contribution in [0, 0.1) is 0 Å². The van der Waals surface area contributed by atoms with E-state index in [1.54, 1.807) is 25.1 Å². The third-order valence-electron chi connectivity index (χ3n) is 2.96. The predicted octanol–water partition coefficient (Wildman–Crippen LogP) is 3.92. The van der Waals surface area contributed by atoms with E-state index < -0.39 is 6.10 Å². The first kappa shape index (κ1) is 14.3. The van der Waals surface area contributed by atoms with Crippen LogP contribution >= 0.6 is 23.2 Å². The molecule has 2 atom stereocenters. The topological polar surface area (TPSA) is 59.2 Å². The second-order valence-electron chi connectivity index (χ2n) is 4.34. The highest BCUT2D eigenvalue weighted by atomic mass is 35.5. The SMILES string of the molecule is CCC(c1nc(-c2ccc(Cl)c(Cl)c2)no1)C(C)O. The van der Waals surface area contributed by atoms with Gasteiger partial charge in [-0.15, -0.1) is 0 Å². The minimum absolute atomic E-state index is 0.163. The number of hydrogen-bond acceptors (Lipinski definition) is 4. The zero-order chi connectivity index (χ0) is 14.0. The summed E-state index contributed by atoms with van der Waals surface area (Å²) >= 11 is 11.8. The number of aromatic nitrogens is 2. The van der Waals surface area contributed by atoms with Crippen LogP contribution < -0.4 is 0 Å². The van der Waals surface area contributed by atoms with E-state index >= 15 is 0 Å². The van der Waals surface area contributed by atoms with E-state index in [1.807, 2.05) is 6.92 Å². The molecule has 1 aromatic carbocycles. The summed E-state index contributed by atoms with van der Waals surface area (Å²) in [6, 6.07) is 5.13. The highest BCUT2D eigenvalue weighted by molar-refractivity contribution is 6.42. The molecule has 1 aromatic heterocycles. The van der Waals surface area contributed by atoms with Crippen molar-refractivity contribution in [2.45, 2.75) is 32.3 Å². The van der Waals surface area contributed by atoms with Gasteiger partial charge in [-0.3, -0.25) is 0 Å². The van der Waals surface area contributed by atoms with Crippen molar-refractivity contribution in [2.75, 3.05) is 0 Å². The summed E-state index contributed by atoms with van der Waals surface area (Å²) in [5, 5.41) is 14.5. The lowest BCUT2D eigenvalue weighted by Gasteiger charge is -2.12. The fourth-order valence-corrected chi connectivity index (χ4v) is 2.16. The van der Waals surface area contributed by atoms with Crippen molar-refractivity contribution in [1.82, 2.24) is 10.1 Å². The van der Waals surface area contributed by atoms with Crippen molar-refractivity contribution in [3.8, 4) is 11.4 Å². The Labute approximate surface area is 121 Å². The lowest BCUT2D eigenvalue weighted by molar-refractivity contribution is 0.141. The highest BCUT2D eigenvalue weighted by Gasteiger charge is 2.22. The molecule has 0 aliphatic rings. The molecule has 0 saturated carbocycles. The maximum absolute atomic E-state index is 9.66. The van der Waals surface area contributed by atoms with Gasteiger partial charge in [0, 0.05) is 5.56 Å². The Balaban J connectivity index is 2.32. The monoisotopic (exact) mass is 300 g/mol. The van der Waals surface area contributed by atoms with E-state index in [0.29, 0.717) is 21.8 Å². The zero-order valence-corrected chi connectivity index (χ0v) is 12.1. The molecule has 0 saturated heterocycles. The molecule has 2 aromatic rings. The Morgan fingerprint density at radius 3 is 2.63 bits per heavy atom. The third kappa shape index (κ3) is 3.08. The average Bonchev–Trinajstić information content (AvgIpc) is 2.82. The van der Waals surface area contributed by atoms with Gasteiger partial charge in [0.05, 0.1) is 22.1 Å². The first-order valence-corrected chi connectivity index (χ1v) is 6.75. The lowest BCUT2D eigenvalue weighted by Crippen LogP contribution is -2.13. The Morgan fingerprint density at radius 1 is 1.32 bits per heavy atom. The van der Waals surface area contributed by atoms with E-state index in [1.165, 1.54) is 0 Å². The van der Waals surface area contributed by atoms with Crippen molar-refractivity contribution in [2.24, 2.45) is 0 Å². The molecule has 0 amide bonds. The van der Waals surface area contributed by atoms with Crippen LogP contribution in [-0.4, -0.2) is 21.4 Å². The van der Waals surface area contributed by atoms with E-state index in [-0.39, 0.29) is 5.92 Å². The maximum atomic E-state index is 9.66. The van der Waals surface area contributed by atoms with Gasteiger partial charge in [-0.05, 0) is 31.5 Å². The van der Waals surface area contributed by atoms with E-state index in [4.69, 9.17) is 27.7 Å². The minimum Gasteiger partial charge on any atom is -0.393 e. The summed E-state index contributed by atoms with van der Waals surface area (Å²) in [7, 11) is 0. The molecule has 19 heavy (non-hydrogen) atoms. The molecule has 1 heterocycles. The number of benzene rings is 1. The predicted molar refractivity (Wildman–Crippen MR) is 74.5 cm³/mol. The maximum Gasteiger partial charge on any atom is 0.232 e. The second kappa shape index (κ2) is 5.90. The van der Waals surface area contributed by atoms with Gasteiger partial charge in [-0.2, -0.15) is 4.98 Å². The number of rotatable bonds is 4. The number of hydrogen-bond donors (Lipinski definition) is 1. The van der Waals surface area contributed by atoms with Crippen LogP contribution in [0.5, 0.6) is 0 Å². The quantitative estimate of drug-likeness (QED) is 0.930. The first-order valence-electron chi connectivity index (χ1n) is 6.00. The van der Waals surface area contributed by atoms with E-state index in [9.17, 15) is 5.11 Å². The Kier molecular flexibility index (Phi) is 4.45. The minimum atomic E-state index is -0.535. The van der Waals surface area contributed by atoms with Crippen LogP contribution in [0.2, 0.25) is 10.0 Å². The third-order valence-corrected chi connectivity index (χ3v) is 3.70. The smallest absolute Gasteiger partial charge is 0.232 e. The molecule has 0 aliphatic heterocycles. The zero-order valence-electron chi connectivity index (χ0n) is 10.6. The summed E-state index contributed by atoms with van der Waals surface area (Å²) in [6.07, 6.45) is 0.188. The van der Waals surface area contributed by atoms with Gasteiger partial charge in [-0.25, -0.2) is 0 Å². The molecule has 102 valence electrons. The van der Waals surface area contributed by atoms with Crippen LogP contribution in [0.3, 0.4) is 0 Å². The largest absolute Gasteiger partial charge is 0.393 e. The van der Waals surface area contributed by atoms with Crippen molar-refractivity contribution in [3.05, 3.63) is 34.1 Å². The molecular formula is C13H14Cl2N2O2. The molecule has 6 heteroatoms. The fraction of sp³-hybridized carbons (Fsp3) is 0.385. The van der Waals surface area contributed by atoms with Crippen molar-refractivity contribution in [1.29, 1.82) is 0 Å². The molecule has 0 bridgehead atoms. The van der Waals surface area contributed by atoms with Crippen molar-refractivity contribution < 1.29 is 9.63 Å². The van der Waals surface area contributed by atoms with Gasteiger partial charge < -0.3 is 9.63 Å². The normalized spacial score (nSPS) is 14.4. The first-order chi connectivity index (χ1) is 9.02. The molecule has 0 fully saturated rings. The van der Waals surface area contributed by atoms with Gasteiger partial charge >= 0.3 is 0 Å². The van der Waals surface area contributed by atoms with Gasteiger partial charge in [0.1, 0.15) is 0 Å². The van der Waals surface area contributed by atoms with Gasteiger partial charge in [0.15, 0.2) is 0 Å². The standard InChI is InChI=1S/C13H14Cl2N2O2/c1-3-9(7(2)18)13-16-12(17-19-13)8-4-5-10(14)11(15)6-8/h4-7,9,18H,3H2,1-2H3. The lowest BCUT2D eigenvalue weighted by atomic mass is 10.0. The Bertz CT molecular complexity index is 570. The number of aliphatic hydroxyl groups excluding tert-OH is 1. The van der Waals surface area contributed by atoms with Crippen LogP contribution in [0.4, 0.5) is 0 Å². The molecule has 4 nitrogen and oxygen atoms in total. The summed E-state index contributed by atoms with van der Waals surface area (Å²) in [4.78, 5) is 4.30. The van der Waals surface area contributed by atoms with Crippen LogP contribution in [0.1, 0.15) is 32.1 Å². The fourth-order valence-electron chi connectivity index (χ4n) is 1.86. The summed E-state index contributed by atoms with van der Waals surface area (Å²) < 4.78 is 5.21. The molecular weight excluding hydrogens is 287 g/mol. The molecule has 0 aliphatic carbocycles. The summed E-state index contributed by atoms with van der Waals surface area (Å²) in [5.74, 6) is 0.704. The van der Waals surface area contributed by atoms with Crippen LogP contribution in [0.15, 0.2) is 22.7 Å². The molecule has 2 unspecified atom stereocenters. The Morgan fingerprint density at radius 2 is 2.05 bits per heavy atom. The van der Waals surface area contributed by atoms with Gasteiger partial charge in [0.25, 0.3) is 0 Å². The van der Waals surface area contributed by atoms with E-state index in [0.717, 1.165) is 12.0 Å². The summed E-state index contributed by atoms with van der Waals surface area (Å²) in [6.45, 7) is 3.66. The molecule has 0 spiro atoms. The average molecular weight is 301 g/mol.